The monoisotopic (exact) mass is 162 g/mol. The predicted molar refractivity (Wildman–Crippen MR) is 31.5 cm³/mol. The molecule has 1 fully saturated rings. The maximum Gasteiger partial charge on any atom is 0.124 e. The fourth-order valence-corrected chi connectivity index (χ4v) is 1.29. The smallest absolute Gasteiger partial charge is 0.124 e. The van der Waals surface area contributed by atoms with Gasteiger partial charge in [0.2, 0.25) is 0 Å². The van der Waals surface area contributed by atoms with Crippen LogP contribution in [0.15, 0.2) is 0 Å². The number of carbonyl (C=O) groups is 1. The van der Waals surface area contributed by atoms with E-state index in [2.05, 4.69) is 15.9 Å². The third-order valence-electron chi connectivity index (χ3n) is 1.42. The molecular formula is C5H7BrO. The minimum atomic E-state index is 0.319. The Morgan fingerprint density at radius 2 is 2.29 bits per heavy atom. The Morgan fingerprint density at radius 1 is 1.57 bits per heavy atom. The summed E-state index contributed by atoms with van der Waals surface area (Å²) in [4.78, 5) is 10.5. The lowest BCUT2D eigenvalue weighted by Gasteiger charge is -2.26. The van der Waals surface area contributed by atoms with Crippen molar-refractivity contribution in [3.05, 3.63) is 0 Å². The fourth-order valence-electron chi connectivity index (χ4n) is 0.638. The van der Waals surface area contributed by atoms with E-state index in [0.717, 1.165) is 12.7 Å². The summed E-state index contributed by atoms with van der Waals surface area (Å²) < 4.78 is 0. The number of rotatable bonds is 1. The van der Waals surface area contributed by atoms with Gasteiger partial charge in [0.25, 0.3) is 0 Å². The van der Waals surface area contributed by atoms with Crippen LogP contribution in [0.5, 0.6) is 0 Å². The summed E-state index contributed by atoms with van der Waals surface area (Å²) in [6.45, 7) is 0. The molecule has 0 aromatic carbocycles. The van der Waals surface area contributed by atoms with Crippen LogP contribution in [0.4, 0.5) is 0 Å². The standard InChI is InChI=1S/C5H7BrO/c6-5-2-1-4(5)3-7/h3-5H,1-2H2/t4?,5-/m0/s1. The van der Waals surface area contributed by atoms with Crippen molar-refractivity contribution in [2.75, 3.05) is 0 Å². The molecule has 0 aliphatic heterocycles. The van der Waals surface area contributed by atoms with Crippen LogP contribution in [0.25, 0.3) is 0 Å². The van der Waals surface area contributed by atoms with E-state index in [1.807, 2.05) is 0 Å². The van der Waals surface area contributed by atoms with E-state index in [0.29, 0.717) is 10.7 Å². The molecule has 0 radical (unpaired) electrons. The molecular weight excluding hydrogens is 156 g/mol. The average molecular weight is 163 g/mol. The van der Waals surface area contributed by atoms with Crippen molar-refractivity contribution in [1.82, 2.24) is 0 Å². The molecule has 0 N–H and O–H groups in total. The quantitative estimate of drug-likeness (QED) is 0.421. The third kappa shape index (κ3) is 0.852. The Balaban J connectivity index is 2.28. The third-order valence-corrected chi connectivity index (χ3v) is 2.55. The van der Waals surface area contributed by atoms with E-state index >= 15 is 0 Å². The number of halogens is 1. The first kappa shape index (κ1) is 5.29. The molecule has 7 heavy (non-hydrogen) atoms. The maximum absolute atomic E-state index is 9.97. The van der Waals surface area contributed by atoms with Gasteiger partial charge in [-0.1, -0.05) is 15.9 Å². The Hall–Kier alpha value is 0.150. The van der Waals surface area contributed by atoms with Gasteiger partial charge in [0, 0.05) is 10.7 Å². The largest absolute Gasteiger partial charge is 0.303 e. The summed E-state index contributed by atoms with van der Waals surface area (Å²) in [5, 5.41) is 0. The summed E-state index contributed by atoms with van der Waals surface area (Å²) in [5.41, 5.74) is 0. The molecule has 2 heteroatoms. The van der Waals surface area contributed by atoms with Gasteiger partial charge >= 0.3 is 0 Å². The van der Waals surface area contributed by atoms with Gasteiger partial charge in [-0.3, -0.25) is 0 Å². The molecule has 1 aliphatic carbocycles. The van der Waals surface area contributed by atoms with Crippen LogP contribution in [-0.4, -0.2) is 11.1 Å². The van der Waals surface area contributed by atoms with Crippen molar-refractivity contribution < 1.29 is 4.79 Å². The maximum atomic E-state index is 9.97. The van der Waals surface area contributed by atoms with Crippen LogP contribution in [0, 0.1) is 5.92 Å². The van der Waals surface area contributed by atoms with Gasteiger partial charge in [-0.25, -0.2) is 0 Å². The van der Waals surface area contributed by atoms with Crippen molar-refractivity contribution in [2.45, 2.75) is 17.7 Å². The van der Waals surface area contributed by atoms with Gasteiger partial charge in [0.05, 0.1) is 0 Å². The Bertz CT molecular complexity index is 82.1. The van der Waals surface area contributed by atoms with Crippen LogP contribution < -0.4 is 0 Å². The highest BCUT2D eigenvalue weighted by Crippen LogP contribution is 2.31. The van der Waals surface area contributed by atoms with Crippen molar-refractivity contribution in [3.8, 4) is 0 Å². The molecule has 1 saturated carbocycles. The molecule has 0 bridgehead atoms. The van der Waals surface area contributed by atoms with Crippen LogP contribution >= 0.6 is 15.9 Å². The normalized spacial score (nSPS) is 39.6. The zero-order chi connectivity index (χ0) is 5.28. The molecule has 1 unspecified atom stereocenters. The zero-order valence-electron chi connectivity index (χ0n) is 3.93. The Morgan fingerprint density at radius 3 is 2.29 bits per heavy atom. The van der Waals surface area contributed by atoms with Crippen LogP contribution in [0.2, 0.25) is 0 Å². The van der Waals surface area contributed by atoms with Crippen LogP contribution in [-0.2, 0) is 4.79 Å². The minimum Gasteiger partial charge on any atom is -0.303 e. The topological polar surface area (TPSA) is 17.1 Å². The second-order valence-electron chi connectivity index (χ2n) is 1.89. The zero-order valence-corrected chi connectivity index (χ0v) is 5.52. The van der Waals surface area contributed by atoms with E-state index < -0.39 is 0 Å². The Kier molecular flexibility index (Phi) is 1.47. The first-order valence-corrected chi connectivity index (χ1v) is 3.35. The molecule has 0 aromatic rings. The van der Waals surface area contributed by atoms with Crippen molar-refractivity contribution in [1.29, 1.82) is 0 Å². The average Bonchev–Trinajstić information content (AvgIpc) is 1.65. The van der Waals surface area contributed by atoms with Crippen LogP contribution in [0.3, 0.4) is 0 Å². The molecule has 1 rings (SSSR count). The van der Waals surface area contributed by atoms with Gasteiger partial charge < -0.3 is 4.79 Å². The summed E-state index contributed by atoms with van der Waals surface area (Å²) in [6, 6.07) is 0. The molecule has 1 aliphatic rings. The van der Waals surface area contributed by atoms with E-state index in [1.54, 1.807) is 0 Å². The fraction of sp³-hybridized carbons (Fsp3) is 0.800. The highest BCUT2D eigenvalue weighted by Gasteiger charge is 2.27. The molecule has 0 heterocycles. The number of alkyl halides is 1. The first-order valence-electron chi connectivity index (χ1n) is 2.44. The predicted octanol–water partition coefficient (Wildman–Crippen LogP) is 1.36. The van der Waals surface area contributed by atoms with E-state index in [-0.39, 0.29) is 0 Å². The summed E-state index contributed by atoms with van der Waals surface area (Å²) in [7, 11) is 0. The minimum absolute atomic E-state index is 0.319. The highest BCUT2D eigenvalue weighted by atomic mass is 79.9. The molecule has 1 nitrogen and oxygen atoms in total. The van der Waals surface area contributed by atoms with Crippen LogP contribution in [0.1, 0.15) is 12.8 Å². The molecule has 40 valence electrons. The first-order chi connectivity index (χ1) is 3.34. The second kappa shape index (κ2) is 1.95. The van der Waals surface area contributed by atoms with Crippen molar-refractivity contribution in [3.63, 3.8) is 0 Å². The van der Waals surface area contributed by atoms with E-state index in [4.69, 9.17) is 0 Å². The van der Waals surface area contributed by atoms with Gasteiger partial charge in [-0.2, -0.15) is 0 Å². The molecule has 2 atom stereocenters. The summed E-state index contributed by atoms with van der Waals surface area (Å²) in [5.74, 6) is 0.319. The molecule has 0 aromatic heterocycles. The summed E-state index contributed by atoms with van der Waals surface area (Å²) >= 11 is 3.36. The van der Waals surface area contributed by atoms with Crippen molar-refractivity contribution in [2.24, 2.45) is 5.92 Å². The van der Waals surface area contributed by atoms with Crippen molar-refractivity contribution >= 4 is 22.2 Å². The number of hydrogen-bond acceptors (Lipinski definition) is 1. The molecule has 0 amide bonds. The van der Waals surface area contributed by atoms with Gasteiger partial charge in [0.1, 0.15) is 6.29 Å². The van der Waals surface area contributed by atoms with E-state index in [9.17, 15) is 4.79 Å². The molecule has 0 spiro atoms. The van der Waals surface area contributed by atoms with E-state index in [1.165, 1.54) is 6.42 Å². The molecule has 0 saturated heterocycles. The number of hydrogen-bond donors (Lipinski definition) is 0. The number of aldehydes is 1. The lowest BCUT2D eigenvalue weighted by molar-refractivity contribution is -0.112. The second-order valence-corrected chi connectivity index (χ2v) is 3.07. The SMILES string of the molecule is O=CC1CC[C@@H]1Br. The lowest BCUT2D eigenvalue weighted by Crippen LogP contribution is -2.26. The van der Waals surface area contributed by atoms with Gasteiger partial charge in [-0.15, -0.1) is 0 Å². The Labute approximate surface area is 51.2 Å². The summed E-state index contributed by atoms with van der Waals surface area (Å²) in [6.07, 6.45) is 3.28. The highest BCUT2D eigenvalue weighted by molar-refractivity contribution is 9.09. The van der Waals surface area contributed by atoms with Gasteiger partial charge in [-0.05, 0) is 12.8 Å². The number of carbonyl (C=O) groups excluding carboxylic acids is 1. The lowest BCUT2D eigenvalue weighted by atomic mass is 9.87. The van der Waals surface area contributed by atoms with Gasteiger partial charge in [0.15, 0.2) is 0 Å².